The Kier molecular flexibility index (Phi) is 5.31. The van der Waals surface area contributed by atoms with Gasteiger partial charge in [-0.2, -0.15) is 10.1 Å². The second-order valence-corrected chi connectivity index (χ2v) is 8.88. The van der Waals surface area contributed by atoms with Crippen molar-refractivity contribution >= 4 is 11.9 Å². The first-order valence-electron chi connectivity index (χ1n) is 11.0. The molecule has 0 aliphatic heterocycles. The summed E-state index contributed by atoms with van der Waals surface area (Å²) in [6, 6.07) is 3.98. The second-order valence-electron chi connectivity index (χ2n) is 8.88. The average Bonchev–Trinajstić information content (AvgIpc) is 3.39. The minimum Gasteiger partial charge on any atom is -0.368 e. The van der Waals surface area contributed by atoms with E-state index in [0.717, 1.165) is 29.7 Å². The van der Waals surface area contributed by atoms with E-state index in [1.165, 1.54) is 4.90 Å². The number of hydrogen-bond donors (Lipinski definition) is 1. The Labute approximate surface area is 196 Å². The van der Waals surface area contributed by atoms with Crippen molar-refractivity contribution in [3.8, 4) is 22.7 Å². The Morgan fingerprint density at radius 1 is 1.15 bits per heavy atom. The number of rotatable bonds is 7. The van der Waals surface area contributed by atoms with Crippen molar-refractivity contribution in [2.45, 2.75) is 31.7 Å². The molecular weight excluding hydrogens is 434 g/mol. The van der Waals surface area contributed by atoms with Crippen LogP contribution in [0.4, 0.5) is 5.95 Å². The summed E-state index contributed by atoms with van der Waals surface area (Å²) in [6.45, 7) is 2.27. The molecule has 4 aromatic rings. The number of nitrogen functional groups attached to an aromatic ring is 1. The molecule has 4 aromatic heterocycles. The van der Waals surface area contributed by atoms with Gasteiger partial charge in [0.1, 0.15) is 6.54 Å². The van der Waals surface area contributed by atoms with E-state index in [-0.39, 0.29) is 18.4 Å². The number of aromatic nitrogens is 7. The lowest BCUT2D eigenvalue weighted by Gasteiger charge is -2.26. The molecule has 0 bridgehead atoms. The fourth-order valence-corrected chi connectivity index (χ4v) is 3.94. The molecule has 0 saturated heterocycles. The first kappa shape index (κ1) is 21.7. The van der Waals surface area contributed by atoms with Gasteiger partial charge in [-0.05, 0) is 37.3 Å². The zero-order chi connectivity index (χ0) is 23.9. The predicted octanol–water partition coefficient (Wildman–Crippen LogP) is 2.17. The molecule has 174 valence electrons. The molecule has 1 amide bonds. The predicted molar refractivity (Wildman–Crippen MR) is 123 cm³/mol. The van der Waals surface area contributed by atoms with E-state index in [1.54, 1.807) is 43.6 Å². The summed E-state index contributed by atoms with van der Waals surface area (Å²) in [4.78, 5) is 30.9. The lowest BCUT2D eigenvalue weighted by Crippen LogP contribution is -2.28. The fourth-order valence-electron chi connectivity index (χ4n) is 3.94. The van der Waals surface area contributed by atoms with E-state index < -0.39 is 5.41 Å². The topological polar surface area (TPSA) is 142 Å². The molecule has 1 saturated carbocycles. The smallest absolute Gasteiger partial charge is 0.261 e. The van der Waals surface area contributed by atoms with Gasteiger partial charge in [0.05, 0.1) is 22.9 Å². The number of carbonyl (C=O) groups is 1. The molecule has 0 unspecified atom stereocenters. The molecule has 0 radical (unpaired) electrons. The fraction of sp³-hybridized carbons (Fsp3) is 0.348. The van der Waals surface area contributed by atoms with Crippen molar-refractivity contribution in [3.63, 3.8) is 0 Å². The van der Waals surface area contributed by atoms with Crippen LogP contribution in [0.25, 0.3) is 22.7 Å². The maximum atomic E-state index is 12.0. The van der Waals surface area contributed by atoms with Crippen molar-refractivity contribution in [2.24, 2.45) is 5.92 Å². The average molecular weight is 460 g/mol. The maximum Gasteiger partial charge on any atom is 0.261 e. The molecule has 34 heavy (non-hydrogen) atoms. The lowest BCUT2D eigenvalue weighted by atomic mass is 9.77. The van der Waals surface area contributed by atoms with Crippen LogP contribution < -0.4 is 5.73 Å². The Morgan fingerprint density at radius 2 is 1.91 bits per heavy atom. The van der Waals surface area contributed by atoms with Crippen LogP contribution >= 0.6 is 0 Å². The highest BCUT2D eigenvalue weighted by Crippen LogP contribution is 2.50. The summed E-state index contributed by atoms with van der Waals surface area (Å²) in [5.74, 6) is 1.54. The zero-order valence-corrected chi connectivity index (χ0v) is 19.2. The third-order valence-electron chi connectivity index (χ3n) is 6.29. The van der Waals surface area contributed by atoms with Gasteiger partial charge >= 0.3 is 0 Å². The highest BCUT2D eigenvalue weighted by atomic mass is 16.5. The van der Waals surface area contributed by atoms with E-state index >= 15 is 0 Å². The highest BCUT2D eigenvalue weighted by molar-refractivity contribution is 5.75. The number of anilines is 1. The zero-order valence-electron chi connectivity index (χ0n) is 19.2. The number of nitrogens with zero attached hydrogens (tertiary/aromatic N) is 8. The van der Waals surface area contributed by atoms with Gasteiger partial charge in [0.15, 0.2) is 5.82 Å². The Bertz CT molecular complexity index is 1310. The maximum absolute atomic E-state index is 12.0. The lowest BCUT2D eigenvalue weighted by molar-refractivity contribution is -0.129. The Morgan fingerprint density at radius 3 is 2.56 bits per heavy atom. The number of pyridine rings is 1. The Hall–Kier alpha value is -4.15. The van der Waals surface area contributed by atoms with Gasteiger partial charge in [0.25, 0.3) is 5.89 Å². The number of nitrogens with two attached hydrogens (primary N) is 1. The van der Waals surface area contributed by atoms with Gasteiger partial charge in [-0.3, -0.25) is 14.5 Å². The minimum atomic E-state index is -0.443. The third kappa shape index (κ3) is 4.00. The SMILES string of the molecule is CN(C)C(=O)Cn1cc(-c2nc([C@](C)(c3ccc(-c4cnc(N)nc4)nc3)C3CC3)no2)cn1. The van der Waals surface area contributed by atoms with E-state index in [0.29, 0.717) is 23.2 Å². The molecule has 11 nitrogen and oxygen atoms in total. The standard InChI is InChI=1S/C23H25N9O2/c1-23(16-4-5-16,17-6-7-18(25-11-17)14-8-26-22(24)27-9-14)21-29-20(34-30-21)15-10-28-32(12-15)13-19(33)31(2)3/h6-12,16H,4-5,13H2,1-3H3,(H2,24,26,27)/t23-/m0/s1. The molecule has 0 spiro atoms. The van der Waals surface area contributed by atoms with Crippen LogP contribution in [0.5, 0.6) is 0 Å². The molecule has 1 atom stereocenters. The van der Waals surface area contributed by atoms with Crippen molar-refractivity contribution < 1.29 is 9.32 Å². The third-order valence-corrected chi connectivity index (χ3v) is 6.29. The summed E-state index contributed by atoms with van der Waals surface area (Å²) in [7, 11) is 3.42. The largest absolute Gasteiger partial charge is 0.368 e. The first-order valence-corrected chi connectivity index (χ1v) is 11.0. The number of amides is 1. The molecule has 2 N–H and O–H groups in total. The second kappa shape index (κ2) is 8.32. The van der Waals surface area contributed by atoms with Crippen LogP contribution in [0.3, 0.4) is 0 Å². The normalized spacial score (nSPS) is 15.1. The van der Waals surface area contributed by atoms with E-state index in [9.17, 15) is 4.79 Å². The van der Waals surface area contributed by atoms with Crippen LogP contribution in [-0.2, 0) is 16.8 Å². The molecule has 1 fully saturated rings. The van der Waals surface area contributed by atoms with Crippen molar-refractivity contribution in [1.29, 1.82) is 0 Å². The van der Waals surface area contributed by atoms with E-state index in [1.807, 2.05) is 18.3 Å². The summed E-state index contributed by atoms with van der Waals surface area (Å²) in [5.41, 5.74) is 8.37. The van der Waals surface area contributed by atoms with Gasteiger partial charge in [0, 0.05) is 44.4 Å². The van der Waals surface area contributed by atoms with Gasteiger partial charge in [-0.25, -0.2) is 9.97 Å². The summed E-state index contributed by atoms with van der Waals surface area (Å²) in [5, 5.41) is 8.58. The van der Waals surface area contributed by atoms with Crippen LogP contribution in [0.2, 0.25) is 0 Å². The van der Waals surface area contributed by atoms with Gasteiger partial charge in [-0.15, -0.1) is 0 Å². The van der Waals surface area contributed by atoms with Crippen LogP contribution in [0, 0.1) is 5.92 Å². The van der Waals surface area contributed by atoms with Gasteiger partial charge < -0.3 is 15.2 Å². The molecule has 11 heteroatoms. The van der Waals surface area contributed by atoms with Crippen LogP contribution in [0.1, 0.15) is 31.2 Å². The monoisotopic (exact) mass is 459 g/mol. The minimum absolute atomic E-state index is 0.0522. The first-order chi connectivity index (χ1) is 16.3. The van der Waals surface area contributed by atoms with Crippen molar-refractivity contribution in [1.82, 2.24) is 39.8 Å². The molecule has 0 aromatic carbocycles. The number of hydrogen-bond acceptors (Lipinski definition) is 9. The number of likely N-dealkylation sites (N-methyl/N-ethyl adjacent to an activating group) is 1. The molecule has 4 heterocycles. The van der Waals surface area contributed by atoms with E-state index in [4.69, 9.17) is 15.2 Å². The molecule has 1 aliphatic carbocycles. The molecule has 1 aliphatic rings. The van der Waals surface area contributed by atoms with Crippen molar-refractivity contribution in [2.75, 3.05) is 19.8 Å². The molecular formula is C23H25N9O2. The molecule has 5 rings (SSSR count). The Balaban J connectivity index is 1.41. The summed E-state index contributed by atoms with van der Waals surface area (Å²) >= 11 is 0. The van der Waals surface area contributed by atoms with E-state index in [2.05, 4.69) is 32.1 Å². The van der Waals surface area contributed by atoms with Crippen LogP contribution in [-0.4, -0.2) is 59.8 Å². The van der Waals surface area contributed by atoms with Gasteiger partial charge in [-0.1, -0.05) is 11.2 Å². The number of carbonyl (C=O) groups excluding carboxylic acids is 1. The summed E-state index contributed by atoms with van der Waals surface area (Å²) in [6.07, 6.45) is 10.7. The quantitative estimate of drug-likeness (QED) is 0.440. The summed E-state index contributed by atoms with van der Waals surface area (Å²) < 4.78 is 7.17. The van der Waals surface area contributed by atoms with Crippen LogP contribution in [0.15, 0.2) is 47.6 Å². The highest BCUT2D eigenvalue weighted by Gasteiger charge is 2.47. The van der Waals surface area contributed by atoms with Crippen molar-refractivity contribution in [3.05, 3.63) is 54.5 Å². The van der Waals surface area contributed by atoms with Gasteiger partial charge in [0.2, 0.25) is 11.9 Å².